The number of nitrogens with one attached hydrogen (secondary N) is 1. The van der Waals surface area contributed by atoms with Gasteiger partial charge in [-0.25, -0.2) is 4.79 Å². The summed E-state index contributed by atoms with van der Waals surface area (Å²) in [6.07, 6.45) is 5.88. The normalized spacial score (nSPS) is 27.4. The van der Waals surface area contributed by atoms with E-state index in [9.17, 15) is 9.90 Å². The van der Waals surface area contributed by atoms with Crippen LogP contribution < -0.4 is 5.32 Å². The summed E-state index contributed by atoms with van der Waals surface area (Å²) in [4.78, 5) is 14.4. The number of aryl methyl sites for hydroxylation is 2. The topological polar surface area (TPSA) is 52.6 Å². The Morgan fingerprint density at radius 2 is 2.22 bits per heavy atom. The van der Waals surface area contributed by atoms with Gasteiger partial charge in [-0.1, -0.05) is 25.8 Å². The van der Waals surface area contributed by atoms with Gasteiger partial charge in [0.1, 0.15) is 0 Å². The van der Waals surface area contributed by atoms with Crippen LogP contribution in [-0.4, -0.2) is 34.7 Å². The van der Waals surface area contributed by atoms with E-state index in [1.165, 1.54) is 17.5 Å². The molecule has 0 spiro atoms. The van der Waals surface area contributed by atoms with Gasteiger partial charge >= 0.3 is 6.03 Å². The van der Waals surface area contributed by atoms with Crippen molar-refractivity contribution in [1.82, 2.24) is 4.90 Å². The Balaban J connectivity index is 1.65. The van der Waals surface area contributed by atoms with Crippen molar-refractivity contribution in [2.24, 2.45) is 5.92 Å². The zero-order valence-electron chi connectivity index (χ0n) is 14.3. The van der Waals surface area contributed by atoms with Crippen LogP contribution in [-0.2, 0) is 6.42 Å². The molecule has 1 aliphatic carbocycles. The Hall–Kier alpha value is -1.55. The van der Waals surface area contributed by atoms with Crippen molar-refractivity contribution in [2.75, 3.05) is 18.4 Å². The van der Waals surface area contributed by atoms with Crippen LogP contribution in [0.4, 0.5) is 10.5 Å². The minimum atomic E-state index is -0.533. The maximum Gasteiger partial charge on any atom is 0.321 e. The number of anilines is 1. The van der Waals surface area contributed by atoms with E-state index in [-0.39, 0.29) is 11.9 Å². The number of likely N-dealkylation sites (tertiary alicyclic amines) is 1. The average Bonchev–Trinajstić information content (AvgIpc) is 2.55. The van der Waals surface area contributed by atoms with Crippen molar-refractivity contribution < 1.29 is 9.90 Å². The van der Waals surface area contributed by atoms with Gasteiger partial charge < -0.3 is 15.3 Å². The van der Waals surface area contributed by atoms with Gasteiger partial charge in [-0.3, -0.25) is 0 Å². The van der Waals surface area contributed by atoms with Crippen LogP contribution in [0.3, 0.4) is 0 Å². The molecular formula is C19H28N2O2. The molecule has 1 aromatic rings. The fraction of sp³-hybridized carbons (Fsp3) is 0.632. The quantitative estimate of drug-likeness (QED) is 0.874. The van der Waals surface area contributed by atoms with Crippen molar-refractivity contribution >= 4 is 11.7 Å². The highest BCUT2D eigenvalue weighted by atomic mass is 16.3. The maximum absolute atomic E-state index is 12.6. The van der Waals surface area contributed by atoms with Crippen molar-refractivity contribution in [3.8, 4) is 0 Å². The number of urea groups is 1. The first kappa shape index (κ1) is 16.3. The maximum atomic E-state index is 12.6. The first-order valence-corrected chi connectivity index (χ1v) is 8.89. The zero-order chi connectivity index (χ0) is 16.4. The molecule has 1 saturated carbocycles. The SMILES string of the molecule is CCc1cc(NC(=O)N2CCC3(O)CCCCC3C2)ccc1C. The van der Waals surface area contributed by atoms with Gasteiger partial charge in [-0.15, -0.1) is 0 Å². The number of amides is 2. The lowest BCUT2D eigenvalue weighted by Crippen LogP contribution is -2.55. The Labute approximate surface area is 138 Å². The highest BCUT2D eigenvalue weighted by molar-refractivity contribution is 5.89. The molecular weight excluding hydrogens is 288 g/mol. The minimum absolute atomic E-state index is 0.0384. The Morgan fingerprint density at radius 3 is 3.00 bits per heavy atom. The van der Waals surface area contributed by atoms with E-state index in [4.69, 9.17) is 0 Å². The standard InChI is InChI=1S/C19H28N2O2/c1-3-15-12-17(8-7-14(15)2)20-18(22)21-11-10-19(23)9-5-4-6-16(19)13-21/h7-8,12,16,23H,3-6,9-11,13H2,1-2H3,(H,20,22). The van der Waals surface area contributed by atoms with Gasteiger partial charge in [0.25, 0.3) is 0 Å². The van der Waals surface area contributed by atoms with Gasteiger partial charge in [0.05, 0.1) is 5.60 Å². The smallest absolute Gasteiger partial charge is 0.321 e. The molecule has 2 atom stereocenters. The number of hydrogen-bond acceptors (Lipinski definition) is 2. The number of rotatable bonds is 2. The first-order chi connectivity index (χ1) is 11.0. The Kier molecular flexibility index (Phi) is 4.62. The van der Waals surface area contributed by atoms with E-state index >= 15 is 0 Å². The third kappa shape index (κ3) is 3.37. The van der Waals surface area contributed by atoms with Crippen LogP contribution in [0.5, 0.6) is 0 Å². The summed E-state index contributed by atoms with van der Waals surface area (Å²) < 4.78 is 0. The van der Waals surface area contributed by atoms with E-state index in [1.54, 1.807) is 0 Å². The predicted molar refractivity (Wildman–Crippen MR) is 92.7 cm³/mol. The molecule has 4 heteroatoms. The van der Waals surface area contributed by atoms with Crippen molar-refractivity contribution in [2.45, 2.75) is 58.0 Å². The second-order valence-electron chi connectivity index (χ2n) is 7.17. The van der Waals surface area contributed by atoms with E-state index in [1.807, 2.05) is 11.0 Å². The summed E-state index contributed by atoms with van der Waals surface area (Å²) in [7, 11) is 0. The van der Waals surface area contributed by atoms with Crippen LogP contribution in [0.1, 0.15) is 50.2 Å². The first-order valence-electron chi connectivity index (χ1n) is 8.89. The zero-order valence-corrected chi connectivity index (χ0v) is 14.3. The number of carbonyl (C=O) groups excluding carboxylic acids is 1. The van der Waals surface area contributed by atoms with Gasteiger partial charge in [0.2, 0.25) is 0 Å². The number of aliphatic hydroxyl groups is 1. The summed E-state index contributed by atoms with van der Waals surface area (Å²) in [6.45, 7) is 5.54. The third-order valence-corrected chi connectivity index (χ3v) is 5.70. The monoisotopic (exact) mass is 316 g/mol. The molecule has 0 bridgehead atoms. The molecule has 1 aromatic carbocycles. The lowest BCUT2D eigenvalue weighted by molar-refractivity contribution is -0.0863. The van der Waals surface area contributed by atoms with Crippen LogP contribution in [0.25, 0.3) is 0 Å². The van der Waals surface area contributed by atoms with Crippen molar-refractivity contribution in [3.05, 3.63) is 29.3 Å². The lowest BCUT2D eigenvalue weighted by atomic mass is 9.71. The molecule has 2 fully saturated rings. The molecule has 2 amide bonds. The van der Waals surface area contributed by atoms with Crippen LogP contribution in [0.2, 0.25) is 0 Å². The molecule has 2 aliphatic rings. The molecule has 0 aromatic heterocycles. The molecule has 2 N–H and O–H groups in total. The van der Waals surface area contributed by atoms with Crippen molar-refractivity contribution in [1.29, 1.82) is 0 Å². The second kappa shape index (κ2) is 6.52. The summed E-state index contributed by atoms with van der Waals surface area (Å²) in [5, 5.41) is 13.7. The third-order valence-electron chi connectivity index (χ3n) is 5.70. The van der Waals surface area contributed by atoms with Crippen molar-refractivity contribution in [3.63, 3.8) is 0 Å². The van der Waals surface area contributed by atoms with Gasteiger partial charge in [-0.2, -0.15) is 0 Å². The predicted octanol–water partition coefficient (Wildman–Crippen LogP) is 3.72. The lowest BCUT2D eigenvalue weighted by Gasteiger charge is -2.47. The molecule has 126 valence electrons. The number of benzene rings is 1. The van der Waals surface area contributed by atoms with Crippen LogP contribution in [0, 0.1) is 12.8 Å². The summed E-state index contributed by atoms with van der Waals surface area (Å²) >= 11 is 0. The number of nitrogens with zero attached hydrogens (tertiary/aromatic N) is 1. The molecule has 0 radical (unpaired) electrons. The molecule has 3 rings (SSSR count). The average molecular weight is 316 g/mol. The molecule has 4 nitrogen and oxygen atoms in total. The number of fused-ring (bicyclic) bond motifs is 1. The summed E-state index contributed by atoms with van der Waals surface area (Å²) in [5.74, 6) is 0.236. The number of carbonyl (C=O) groups is 1. The summed E-state index contributed by atoms with van der Waals surface area (Å²) in [5.41, 5.74) is 2.86. The number of hydrogen-bond donors (Lipinski definition) is 2. The van der Waals surface area contributed by atoms with Crippen LogP contribution >= 0.6 is 0 Å². The molecule has 2 unspecified atom stereocenters. The van der Waals surface area contributed by atoms with Gasteiger partial charge in [-0.05, 0) is 55.9 Å². The minimum Gasteiger partial charge on any atom is -0.389 e. The highest BCUT2D eigenvalue weighted by Gasteiger charge is 2.43. The second-order valence-corrected chi connectivity index (χ2v) is 7.17. The molecule has 1 saturated heterocycles. The van der Waals surface area contributed by atoms with Crippen LogP contribution in [0.15, 0.2) is 18.2 Å². The molecule has 1 heterocycles. The number of piperidine rings is 1. The van der Waals surface area contributed by atoms with E-state index < -0.39 is 5.60 Å². The fourth-order valence-electron chi connectivity index (χ4n) is 4.09. The summed E-state index contributed by atoms with van der Waals surface area (Å²) in [6, 6.07) is 6.05. The fourth-order valence-corrected chi connectivity index (χ4v) is 4.09. The van der Waals surface area contributed by atoms with E-state index in [0.717, 1.165) is 31.4 Å². The van der Waals surface area contributed by atoms with E-state index in [0.29, 0.717) is 19.5 Å². The highest BCUT2D eigenvalue weighted by Crippen LogP contribution is 2.39. The van der Waals surface area contributed by atoms with Gasteiger partial charge in [0.15, 0.2) is 0 Å². The molecule has 1 aliphatic heterocycles. The van der Waals surface area contributed by atoms with Gasteiger partial charge in [0, 0.05) is 24.7 Å². The van der Waals surface area contributed by atoms with E-state index in [2.05, 4.69) is 31.3 Å². The largest absolute Gasteiger partial charge is 0.389 e. The molecule has 23 heavy (non-hydrogen) atoms. The Morgan fingerprint density at radius 1 is 1.39 bits per heavy atom. The Bertz CT molecular complexity index is 587.